The molecule has 5 aromatic rings. The van der Waals surface area contributed by atoms with E-state index < -0.39 is 19.9 Å². The van der Waals surface area contributed by atoms with E-state index in [9.17, 15) is 16.8 Å². The van der Waals surface area contributed by atoms with Gasteiger partial charge in [0.05, 0.1) is 28.1 Å². The number of sulfone groups is 1. The van der Waals surface area contributed by atoms with Crippen molar-refractivity contribution in [1.29, 1.82) is 0 Å². The number of benzene rings is 2. The minimum Gasteiger partial charge on any atom is -0.464 e. The second-order valence-corrected chi connectivity index (χ2v) is 12.5. The van der Waals surface area contributed by atoms with Crippen molar-refractivity contribution >= 4 is 41.8 Å². The van der Waals surface area contributed by atoms with E-state index >= 15 is 0 Å². The Morgan fingerprint density at radius 2 is 1.33 bits per heavy atom. The van der Waals surface area contributed by atoms with Gasteiger partial charge in [-0.05, 0) is 79.1 Å². The fourth-order valence-electron chi connectivity index (χ4n) is 4.07. The highest BCUT2D eigenvalue weighted by atomic mass is 32.2. The Morgan fingerprint density at radius 3 is 2.00 bits per heavy atom. The van der Waals surface area contributed by atoms with Crippen LogP contribution in [0.15, 0.2) is 104 Å². The molecule has 5 rings (SSSR count). The topological polar surface area (TPSA) is 111 Å². The van der Waals surface area contributed by atoms with E-state index in [2.05, 4.69) is 4.98 Å². The molecule has 8 nitrogen and oxygen atoms in total. The maximum atomic E-state index is 13.6. The average molecular weight is 525 g/mol. The van der Waals surface area contributed by atoms with Gasteiger partial charge < -0.3 is 8.83 Å². The minimum absolute atomic E-state index is 0.0829. The number of unbranched alkanes of at least 4 members (excludes halogenated alkanes) is 1. The maximum absolute atomic E-state index is 13.6. The number of pyridine rings is 1. The van der Waals surface area contributed by atoms with Crippen molar-refractivity contribution < 1.29 is 25.7 Å². The Hall–Kier alpha value is -3.47. The lowest BCUT2D eigenvalue weighted by atomic mass is 10.2. The van der Waals surface area contributed by atoms with Gasteiger partial charge >= 0.3 is 0 Å². The number of nitrogens with zero attached hydrogens (tertiary/aromatic N) is 2. The van der Waals surface area contributed by atoms with E-state index in [4.69, 9.17) is 8.83 Å². The standard InChI is InChI=1S/C26H24N2O6S2/c29-35(30,23-3-5-25-21(17-23)9-14-33-25)16-2-1-13-28(19-20-7-11-27-12-8-20)36(31,32)24-4-6-26-22(18-24)10-15-34-26/h3-12,14-15,17-18H,1-2,13,16,19H2. The molecule has 0 aliphatic rings. The van der Waals surface area contributed by atoms with Crippen LogP contribution in [0.4, 0.5) is 0 Å². The van der Waals surface area contributed by atoms with Crippen LogP contribution in [0.25, 0.3) is 21.9 Å². The summed E-state index contributed by atoms with van der Waals surface area (Å²) in [5, 5.41) is 1.42. The predicted octanol–water partition coefficient (Wildman–Crippen LogP) is 5.02. The number of furan rings is 2. The van der Waals surface area contributed by atoms with Gasteiger partial charge in [0.15, 0.2) is 9.84 Å². The lowest BCUT2D eigenvalue weighted by Crippen LogP contribution is -2.32. The highest BCUT2D eigenvalue weighted by Crippen LogP contribution is 2.25. The molecule has 0 spiro atoms. The number of rotatable bonds is 10. The first kappa shape index (κ1) is 24.2. The summed E-state index contributed by atoms with van der Waals surface area (Å²) in [5.41, 5.74) is 2.02. The zero-order valence-corrected chi connectivity index (χ0v) is 20.9. The van der Waals surface area contributed by atoms with Crippen LogP contribution < -0.4 is 0 Å². The molecular formula is C26H24N2O6S2. The van der Waals surface area contributed by atoms with Crippen LogP contribution >= 0.6 is 0 Å². The SMILES string of the molecule is O=S(=O)(CCCCN(Cc1ccncc1)S(=O)(=O)c1ccc2occc2c1)c1ccc2occc2c1. The Labute approximate surface area is 209 Å². The van der Waals surface area contributed by atoms with Crippen molar-refractivity contribution in [2.75, 3.05) is 12.3 Å². The molecular weight excluding hydrogens is 500 g/mol. The molecule has 3 heterocycles. The summed E-state index contributed by atoms with van der Waals surface area (Å²) in [6.07, 6.45) is 6.95. The second kappa shape index (κ2) is 9.88. The maximum Gasteiger partial charge on any atom is 0.243 e. The molecule has 0 aliphatic carbocycles. The molecule has 0 saturated heterocycles. The van der Waals surface area contributed by atoms with E-state index in [-0.39, 0.29) is 28.6 Å². The summed E-state index contributed by atoms with van der Waals surface area (Å²) in [4.78, 5) is 4.38. The van der Waals surface area contributed by atoms with Gasteiger partial charge in [0.1, 0.15) is 11.2 Å². The fraction of sp³-hybridized carbons (Fsp3) is 0.192. The molecule has 0 N–H and O–H groups in total. The van der Waals surface area contributed by atoms with Crippen LogP contribution in [0.1, 0.15) is 18.4 Å². The van der Waals surface area contributed by atoms with E-state index in [0.29, 0.717) is 29.4 Å². The lowest BCUT2D eigenvalue weighted by molar-refractivity contribution is 0.398. The predicted molar refractivity (Wildman–Crippen MR) is 136 cm³/mol. The molecule has 186 valence electrons. The first-order valence-corrected chi connectivity index (χ1v) is 14.5. The zero-order chi connectivity index (χ0) is 25.2. The van der Waals surface area contributed by atoms with E-state index in [1.54, 1.807) is 60.9 Å². The van der Waals surface area contributed by atoms with Gasteiger partial charge in [-0.3, -0.25) is 4.98 Å². The summed E-state index contributed by atoms with van der Waals surface area (Å²) in [5.74, 6) is -0.0829. The molecule has 3 aromatic heterocycles. The Kier molecular flexibility index (Phi) is 6.65. The molecule has 2 aromatic carbocycles. The van der Waals surface area contributed by atoms with Gasteiger partial charge in [0.2, 0.25) is 10.0 Å². The number of aromatic nitrogens is 1. The lowest BCUT2D eigenvalue weighted by Gasteiger charge is -2.22. The van der Waals surface area contributed by atoms with Crippen LogP contribution in [-0.2, 0) is 26.4 Å². The summed E-state index contributed by atoms with van der Waals surface area (Å²) in [6, 6.07) is 16.5. The molecule has 0 amide bonds. The normalized spacial score (nSPS) is 12.6. The third-order valence-electron chi connectivity index (χ3n) is 6.02. The van der Waals surface area contributed by atoms with E-state index in [1.165, 1.54) is 29.0 Å². The first-order valence-electron chi connectivity index (χ1n) is 11.4. The second-order valence-electron chi connectivity index (χ2n) is 8.46. The Bertz CT molecular complexity index is 1710. The zero-order valence-electron chi connectivity index (χ0n) is 19.3. The summed E-state index contributed by atoms with van der Waals surface area (Å²) < 4.78 is 64.9. The van der Waals surface area contributed by atoms with E-state index in [1.807, 2.05) is 0 Å². The van der Waals surface area contributed by atoms with Gasteiger partial charge in [-0.15, -0.1) is 0 Å². The van der Waals surface area contributed by atoms with Crippen LogP contribution in [-0.4, -0.2) is 38.4 Å². The van der Waals surface area contributed by atoms with Crippen LogP contribution in [0.5, 0.6) is 0 Å². The molecule has 10 heteroatoms. The average Bonchev–Trinajstić information content (AvgIpc) is 3.55. The van der Waals surface area contributed by atoms with Gasteiger partial charge in [0.25, 0.3) is 0 Å². The number of hydrogen-bond donors (Lipinski definition) is 0. The highest BCUT2D eigenvalue weighted by Gasteiger charge is 2.25. The molecule has 0 fully saturated rings. The van der Waals surface area contributed by atoms with Crippen molar-refractivity contribution in [1.82, 2.24) is 9.29 Å². The minimum atomic E-state index is -3.84. The molecule has 0 bridgehead atoms. The van der Waals surface area contributed by atoms with E-state index in [0.717, 1.165) is 10.9 Å². The third kappa shape index (κ3) is 5.06. The highest BCUT2D eigenvalue weighted by molar-refractivity contribution is 7.91. The van der Waals surface area contributed by atoms with Gasteiger partial charge in [-0.1, -0.05) is 0 Å². The molecule has 0 unspecified atom stereocenters. The number of sulfonamides is 1. The fourth-order valence-corrected chi connectivity index (χ4v) is 6.97. The molecule has 0 aliphatic heterocycles. The van der Waals surface area contributed by atoms with Crippen molar-refractivity contribution in [3.63, 3.8) is 0 Å². The summed E-state index contributed by atoms with van der Waals surface area (Å²) in [6.45, 7) is 0.322. The largest absolute Gasteiger partial charge is 0.464 e. The quantitative estimate of drug-likeness (QED) is 0.236. The number of fused-ring (bicyclic) bond motifs is 2. The van der Waals surface area contributed by atoms with Crippen molar-refractivity contribution in [2.45, 2.75) is 29.2 Å². The van der Waals surface area contributed by atoms with Crippen molar-refractivity contribution in [3.8, 4) is 0 Å². The summed E-state index contributed by atoms with van der Waals surface area (Å²) in [7, 11) is -7.36. The smallest absolute Gasteiger partial charge is 0.243 e. The Morgan fingerprint density at radius 1 is 0.722 bits per heavy atom. The Balaban J connectivity index is 1.31. The van der Waals surface area contributed by atoms with Crippen molar-refractivity contribution in [3.05, 3.63) is 91.1 Å². The van der Waals surface area contributed by atoms with Crippen LogP contribution in [0, 0.1) is 0 Å². The van der Waals surface area contributed by atoms with Crippen molar-refractivity contribution in [2.24, 2.45) is 0 Å². The first-order chi connectivity index (χ1) is 17.3. The molecule has 36 heavy (non-hydrogen) atoms. The van der Waals surface area contributed by atoms with Gasteiger partial charge in [-0.2, -0.15) is 4.31 Å². The molecule has 0 radical (unpaired) electrons. The van der Waals surface area contributed by atoms with Gasteiger partial charge in [-0.25, -0.2) is 16.8 Å². The molecule has 0 saturated carbocycles. The monoisotopic (exact) mass is 524 g/mol. The third-order valence-corrected chi connectivity index (χ3v) is 9.66. The number of hydrogen-bond acceptors (Lipinski definition) is 7. The van der Waals surface area contributed by atoms with Gasteiger partial charge in [0, 0.05) is 36.3 Å². The van der Waals surface area contributed by atoms with Crippen LogP contribution in [0.2, 0.25) is 0 Å². The molecule has 0 atom stereocenters. The van der Waals surface area contributed by atoms with Crippen LogP contribution in [0.3, 0.4) is 0 Å². The summed E-state index contributed by atoms with van der Waals surface area (Å²) >= 11 is 0.